The van der Waals surface area contributed by atoms with Crippen molar-refractivity contribution in [2.75, 3.05) is 0 Å². The van der Waals surface area contributed by atoms with Crippen molar-refractivity contribution >= 4 is 24.5 Å². The van der Waals surface area contributed by atoms with Gasteiger partial charge < -0.3 is 9.31 Å². The first-order chi connectivity index (χ1) is 9.91. The number of nitrogens with one attached hydrogen (secondary N) is 1. The van der Waals surface area contributed by atoms with Crippen LogP contribution in [0, 0.1) is 6.92 Å². The molecule has 0 aliphatic carbocycles. The summed E-state index contributed by atoms with van der Waals surface area (Å²) < 4.78 is 15.7. The number of hydrogen-bond acceptors (Lipinski definition) is 4. The molecule has 0 bridgehead atoms. The molecule has 1 fully saturated rings. The van der Waals surface area contributed by atoms with Crippen LogP contribution in [-0.2, 0) is 9.31 Å². The Labute approximate surface area is 139 Å². The number of rotatable bonds is 3. The lowest BCUT2D eigenvalue weighted by atomic mass is 9.78. The fraction of sp³-hybridized carbons (Fsp3) is 0.647. The highest BCUT2D eigenvalue weighted by molar-refractivity contribution is 7.97. The summed E-state index contributed by atoms with van der Waals surface area (Å²) >= 11 is 1.67. The van der Waals surface area contributed by atoms with Crippen LogP contribution < -0.4 is 10.2 Å². The summed E-state index contributed by atoms with van der Waals surface area (Å²) in [6.07, 6.45) is 0. The summed E-state index contributed by atoms with van der Waals surface area (Å²) in [5.74, 6) is 0. The number of benzene rings is 1. The lowest BCUT2D eigenvalue weighted by Crippen LogP contribution is -2.41. The van der Waals surface area contributed by atoms with Gasteiger partial charge in [0.2, 0.25) is 0 Å². The maximum atomic E-state index is 6.11. The Bertz CT molecular complexity index is 536. The van der Waals surface area contributed by atoms with Crippen molar-refractivity contribution in [3.63, 3.8) is 0 Å². The summed E-state index contributed by atoms with van der Waals surface area (Å²) in [4.78, 5) is 1.23. The van der Waals surface area contributed by atoms with Gasteiger partial charge in [0.15, 0.2) is 0 Å². The molecule has 0 saturated carbocycles. The fourth-order valence-corrected chi connectivity index (χ4v) is 2.89. The van der Waals surface area contributed by atoms with Crippen LogP contribution in [0.1, 0.15) is 54.0 Å². The van der Waals surface area contributed by atoms with E-state index in [9.17, 15) is 0 Å². The monoisotopic (exact) mass is 321 g/mol. The zero-order valence-corrected chi connectivity index (χ0v) is 15.9. The first-order valence-corrected chi connectivity index (χ1v) is 8.63. The van der Waals surface area contributed by atoms with Crippen LogP contribution in [0.15, 0.2) is 23.1 Å². The summed E-state index contributed by atoms with van der Waals surface area (Å²) in [6, 6.07) is 6.40. The second-order valence-corrected chi connectivity index (χ2v) is 8.92. The first kappa shape index (κ1) is 17.9. The van der Waals surface area contributed by atoms with Crippen LogP contribution in [0.4, 0.5) is 0 Å². The first-order valence-electron chi connectivity index (χ1n) is 7.81. The van der Waals surface area contributed by atoms with E-state index >= 15 is 0 Å². The molecule has 1 aliphatic rings. The molecule has 122 valence electrons. The van der Waals surface area contributed by atoms with E-state index in [1.165, 1.54) is 10.5 Å². The largest absolute Gasteiger partial charge is 0.494 e. The summed E-state index contributed by atoms with van der Waals surface area (Å²) in [5.41, 5.74) is 1.80. The molecular formula is C17H28BNO2S. The molecule has 22 heavy (non-hydrogen) atoms. The third-order valence-electron chi connectivity index (χ3n) is 4.19. The van der Waals surface area contributed by atoms with Crippen LogP contribution >= 0.6 is 11.9 Å². The van der Waals surface area contributed by atoms with Crippen LogP contribution in [0.5, 0.6) is 0 Å². The minimum atomic E-state index is -0.299. The number of hydrogen-bond donors (Lipinski definition) is 1. The number of aryl methyl sites for hydroxylation is 1. The van der Waals surface area contributed by atoms with E-state index in [0.717, 1.165) is 5.46 Å². The maximum absolute atomic E-state index is 6.11. The second-order valence-electron chi connectivity index (χ2n) is 8.07. The van der Waals surface area contributed by atoms with Crippen molar-refractivity contribution in [1.82, 2.24) is 4.72 Å². The lowest BCUT2D eigenvalue weighted by Gasteiger charge is -2.32. The molecule has 0 aromatic heterocycles. The van der Waals surface area contributed by atoms with E-state index in [0.29, 0.717) is 0 Å². The topological polar surface area (TPSA) is 30.5 Å². The van der Waals surface area contributed by atoms with E-state index in [-0.39, 0.29) is 23.9 Å². The Balaban J connectivity index is 2.14. The van der Waals surface area contributed by atoms with Gasteiger partial charge in [-0.3, -0.25) is 4.72 Å². The molecule has 1 N–H and O–H groups in total. The highest BCUT2D eigenvalue weighted by Crippen LogP contribution is 2.36. The van der Waals surface area contributed by atoms with Crippen molar-refractivity contribution in [1.29, 1.82) is 0 Å². The predicted octanol–water partition coefficient (Wildman–Crippen LogP) is 3.69. The highest BCUT2D eigenvalue weighted by atomic mass is 32.2. The van der Waals surface area contributed by atoms with Crippen LogP contribution in [0.3, 0.4) is 0 Å². The summed E-state index contributed by atoms with van der Waals surface area (Å²) in [6.45, 7) is 16.9. The predicted molar refractivity (Wildman–Crippen MR) is 95.6 cm³/mol. The van der Waals surface area contributed by atoms with Gasteiger partial charge in [0.1, 0.15) is 0 Å². The molecule has 0 unspecified atom stereocenters. The van der Waals surface area contributed by atoms with Crippen molar-refractivity contribution < 1.29 is 9.31 Å². The fourth-order valence-electron chi connectivity index (χ4n) is 2.12. The normalized spacial score (nSPS) is 20.5. The molecule has 0 atom stereocenters. The smallest absolute Gasteiger partial charge is 0.399 e. The maximum Gasteiger partial charge on any atom is 0.494 e. The Morgan fingerprint density at radius 3 is 2.05 bits per heavy atom. The van der Waals surface area contributed by atoms with E-state index in [4.69, 9.17) is 9.31 Å². The Hall–Kier alpha value is -0.485. The molecule has 1 heterocycles. The van der Waals surface area contributed by atoms with E-state index < -0.39 is 0 Å². The van der Waals surface area contributed by atoms with E-state index in [1.54, 1.807) is 11.9 Å². The Kier molecular flexibility index (Phi) is 4.76. The highest BCUT2D eigenvalue weighted by Gasteiger charge is 2.51. The molecule has 0 spiro atoms. The molecule has 1 aromatic carbocycles. The van der Waals surface area contributed by atoms with E-state index in [1.807, 2.05) is 0 Å². The van der Waals surface area contributed by atoms with Gasteiger partial charge >= 0.3 is 7.12 Å². The quantitative estimate of drug-likeness (QED) is 0.679. The van der Waals surface area contributed by atoms with Crippen molar-refractivity contribution in [2.45, 2.75) is 77.0 Å². The average Bonchev–Trinajstić information content (AvgIpc) is 2.56. The summed E-state index contributed by atoms with van der Waals surface area (Å²) in [5, 5.41) is 0. The molecule has 1 saturated heterocycles. The van der Waals surface area contributed by atoms with Gasteiger partial charge in [0.05, 0.1) is 11.2 Å². The van der Waals surface area contributed by atoms with E-state index in [2.05, 4.69) is 78.3 Å². The molecule has 3 nitrogen and oxygen atoms in total. The molecule has 1 aliphatic heterocycles. The standard InChI is InChI=1S/C17H28BNO2S/c1-12-11-13(9-10-14(12)22-19-15(2,3)4)18-20-16(5,6)17(7,8)21-18/h9-11,19H,1-8H3. The Morgan fingerprint density at radius 1 is 1.05 bits per heavy atom. The van der Waals surface area contributed by atoms with Crippen LogP contribution in [0.2, 0.25) is 0 Å². The van der Waals surface area contributed by atoms with Crippen LogP contribution in [0.25, 0.3) is 0 Å². The second kappa shape index (κ2) is 5.86. The van der Waals surface area contributed by atoms with Gasteiger partial charge in [0.25, 0.3) is 0 Å². The molecule has 1 aromatic rings. The molecule has 0 radical (unpaired) electrons. The molecule has 2 rings (SSSR count). The summed E-state index contributed by atoms with van der Waals surface area (Å²) in [7, 11) is -0.293. The van der Waals surface area contributed by atoms with Gasteiger partial charge in [-0.15, -0.1) is 0 Å². The van der Waals surface area contributed by atoms with Gasteiger partial charge in [0, 0.05) is 10.4 Å². The molecule has 0 amide bonds. The van der Waals surface area contributed by atoms with Gasteiger partial charge in [-0.1, -0.05) is 12.1 Å². The van der Waals surface area contributed by atoms with Crippen LogP contribution in [-0.4, -0.2) is 23.9 Å². The van der Waals surface area contributed by atoms with Gasteiger partial charge in [-0.25, -0.2) is 0 Å². The van der Waals surface area contributed by atoms with Crippen molar-refractivity contribution in [3.8, 4) is 0 Å². The SMILES string of the molecule is Cc1cc(B2OC(C)(C)C(C)(C)O2)ccc1SNC(C)(C)C. The minimum Gasteiger partial charge on any atom is -0.399 e. The molecular weight excluding hydrogens is 293 g/mol. The zero-order chi connectivity index (χ0) is 16.8. The van der Waals surface area contributed by atoms with Gasteiger partial charge in [-0.2, -0.15) is 0 Å². The van der Waals surface area contributed by atoms with Gasteiger partial charge in [-0.05, 0) is 84.4 Å². The third kappa shape index (κ3) is 3.88. The zero-order valence-electron chi connectivity index (χ0n) is 15.0. The van der Waals surface area contributed by atoms with Crippen molar-refractivity contribution in [3.05, 3.63) is 23.8 Å². The molecule has 5 heteroatoms. The Morgan fingerprint density at radius 2 is 1.59 bits per heavy atom. The van der Waals surface area contributed by atoms with Crippen molar-refractivity contribution in [2.24, 2.45) is 0 Å². The minimum absolute atomic E-state index is 0.0848. The average molecular weight is 321 g/mol. The lowest BCUT2D eigenvalue weighted by molar-refractivity contribution is 0.00578. The third-order valence-corrected chi connectivity index (χ3v) is 5.58.